The number of nitrogens with one attached hydrogen (secondary N) is 1. The predicted octanol–water partition coefficient (Wildman–Crippen LogP) is 4.82. The quantitative estimate of drug-likeness (QED) is 0.371. The molecule has 10 heteroatoms. The molecule has 1 heterocycles. The van der Waals surface area contributed by atoms with E-state index in [-0.39, 0.29) is 35.5 Å². The molecule has 0 bridgehead atoms. The van der Waals surface area contributed by atoms with Crippen molar-refractivity contribution in [3.05, 3.63) is 82.4 Å². The SMILES string of the molecule is COc1ccc(C2CC(=O)N(CC(=O)Nc3cccc([N+](=O)[O-])c3)c3ccccc3S2)cc1OC. The van der Waals surface area contributed by atoms with E-state index in [1.165, 1.54) is 23.1 Å². The summed E-state index contributed by atoms with van der Waals surface area (Å²) in [7, 11) is 3.12. The molecule has 1 N–H and O–H groups in total. The highest BCUT2D eigenvalue weighted by Gasteiger charge is 2.31. The van der Waals surface area contributed by atoms with Crippen molar-refractivity contribution >= 4 is 40.6 Å². The van der Waals surface area contributed by atoms with Gasteiger partial charge in [-0.05, 0) is 35.9 Å². The van der Waals surface area contributed by atoms with E-state index in [1.54, 1.807) is 44.2 Å². The Morgan fingerprint density at radius 3 is 2.60 bits per heavy atom. The number of thioether (sulfide) groups is 1. The summed E-state index contributed by atoms with van der Waals surface area (Å²) in [5.74, 6) is 0.504. The van der Waals surface area contributed by atoms with E-state index in [0.717, 1.165) is 10.5 Å². The topological polar surface area (TPSA) is 111 Å². The lowest BCUT2D eigenvalue weighted by molar-refractivity contribution is -0.384. The fourth-order valence-corrected chi connectivity index (χ4v) is 5.10. The van der Waals surface area contributed by atoms with Gasteiger partial charge in [0.25, 0.3) is 5.69 Å². The standard InChI is InChI=1S/C25H23N3O6S/c1-33-20-11-10-16(12-21(20)34-2)23-14-25(30)27(19-8-3-4-9-22(19)35-23)15-24(29)26-17-6-5-7-18(13-17)28(31)32/h3-13,23H,14-15H2,1-2H3,(H,26,29). The molecular weight excluding hydrogens is 470 g/mol. The maximum atomic E-state index is 13.4. The number of anilines is 2. The Morgan fingerprint density at radius 2 is 1.86 bits per heavy atom. The van der Waals surface area contributed by atoms with Crippen molar-refractivity contribution < 1.29 is 24.0 Å². The van der Waals surface area contributed by atoms with Gasteiger partial charge in [0.1, 0.15) is 6.54 Å². The summed E-state index contributed by atoms with van der Waals surface area (Å²) in [4.78, 5) is 39.0. The number of benzene rings is 3. The summed E-state index contributed by atoms with van der Waals surface area (Å²) in [5, 5.41) is 13.5. The highest BCUT2D eigenvalue weighted by atomic mass is 32.2. The molecule has 0 radical (unpaired) electrons. The Balaban J connectivity index is 1.58. The molecule has 9 nitrogen and oxygen atoms in total. The largest absolute Gasteiger partial charge is 0.493 e. The van der Waals surface area contributed by atoms with Crippen LogP contribution in [0.1, 0.15) is 17.2 Å². The Bertz CT molecular complexity index is 1280. The van der Waals surface area contributed by atoms with Crippen LogP contribution in [0, 0.1) is 10.1 Å². The van der Waals surface area contributed by atoms with Gasteiger partial charge in [0.15, 0.2) is 11.5 Å². The third-order valence-corrected chi connectivity index (χ3v) is 6.83. The first kappa shape index (κ1) is 24.1. The molecule has 2 amide bonds. The van der Waals surface area contributed by atoms with Crippen LogP contribution in [-0.4, -0.2) is 37.5 Å². The van der Waals surface area contributed by atoms with Gasteiger partial charge < -0.3 is 19.7 Å². The van der Waals surface area contributed by atoms with Crippen molar-refractivity contribution in [2.24, 2.45) is 0 Å². The first-order valence-electron chi connectivity index (χ1n) is 10.7. The highest BCUT2D eigenvalue weighted by Crippen LogP contribution is 2.46. The van der Waals surface area contributed by atoms with Crippen molar-refractivity contribution in [1.29, 1.82) is 0 Å². The smallest absolute Gasteiger partial charge is 0.271 e. The highest BCUT2D eigenvalue weighted by molar-refractivity contribution is 7.99. The lowest BCUT2D eigenvalue weighted by Gasteiger charge is -2.22. The molecule has 1 atom stereocenters. The zero-order chi connectivity index (χ0) is 24.9. The summed E-state index contributed by atoms with van der Waals surface area (Å²) in [6.45, 7) is -0.224. The number of hydrogen-bond donors (Lipinski definition) is 1. The van der Waals surface area contributed by atoms with Crippen LogP contribution in [0.5, 0.6) is 11.5 Å². The van der Waals surface area contributed by atoms with Crippen LogP contribution in [-0.2, 0) is 9.59 Å². The van der Waals surface area contributed by atoms with E-state index < -0.39 is 10.8 Å². The Labute approximate surface area is 206 Å². The van der Waals surface area contributed by atoms with Gasteiger partial charge in [-0.3, -0.25) is 19.7 Å². The van der Waals surface area contributed by atoms with Crippen molar-refractivity contribution in [3.8, 4) is 11.5 Å². The van der Waals surface area contributed by atoms with E-state index in [2.05, 4.69) is 5.32 Å². The van der Waals surface area contributed by atoms with Gasteiger partial charge in [0.05, 0.1) is 24.8 Å². The molecule has 0 saturated heterocycles. The van der Waals surface area contributed by atoms with Crippen LogP contribution in [0.15, 0.2) is 71.6 Å². The number of carbonyl (C=O) groups is 2. The van der Waals surface area contributed by atoms with Crippen LogP contribution in [0.4, 0.5) is 17.1 Å². The van der Waals surface area contributed by atoms with Crippen molar-refractivity contribution in [1.82, 2.24) is 0 Å². The van der Waals surface area contributed by atoms with E-state index in [9.17, 15) is 19.7 Å². The maximum Gasteiger partial charge on any atom is 0.271 e. The third-order valence-electron chi connectivity index (χ3n) is 5.51. The molecule has 0 fully saturated rings. The molecule has 0 saturated carbocycles. The molecule has 180 valence electrons. The monoisotopic (exact) mass is 493 g/mol. The predicted molar refractivity (Wildman–Crippen MR) is 133 cm³/mol. The molecular formula is C25H23N3O6S. The molecule has 1 aliphatic rings. The Morgan fingerprint density at radius 1 is 1.09 bits per heavy atom. The van der Waals surface area contributed by atoms with Crippen molar-refractivity contribution in [2.75, 3.05) is 31.0 Å². The first-order valence-corrected chi connectivity index (χ1v) is 11.6. The summed E-state index contributed by atoms with van der Waals surface area (Å²) in [6, 6.07) is 18.7. The van der Waals surface area contributed by atoms with Gasteiger partial charge in [-0.2, -0.15) is 0 Å². The number of rotatable bonds is 7. The van der Waals surface area contributed by atoms with E-state index >= 15 is 0 Å². The Kier molecular flexibility index (Phi) is 7.21. The van der Waals surface area contributed by atoms with Gasteiger partial charge >= 0.3 is 0 Å². The Hall–Kier alpha value is -4.05. The second-order valence-electron chi connectivity index (χ2n) is 7.73. The minimum absolute atomic E-state index is 0.131. The number of fused-ring (bicyclic) bond motifs is 1. The second kappa shape index (κ2) is 10.5. The van der Waals surface area contributed by atoms with Gasteiger partial charge in [0.2, 0.25) is 11.8 Å². The molecule has 0 aromatic heterocycles. The molecule has 0 aliphatic carbocycles. The number of methoxy groups -OCH3 is 2. The number of para-hydroxylation sites is 1. The van der Waals surface area contributed by atoms with E-state index in [4.69, 9.17) is 9.47 Å². The molecule has 3 aromatic carbocycles. The lowest BCUT2D eigenvalue weighted by atomic mass is 10.1. The molecule has 3 aromatic rings. The van der Waals surface area contributed by atoms with Crippen LogP contribution in [0.25, 0.3) is 0 Å². The summed E-state index contributed by atoms with van der Waals surface area (Å²) < 4.78 is 10.7. The average Bonchev–Trinajstić information content (AvgIpc) is 3.00. The van der Waals surface area contributed by atoms with Crippen LogP contribution in [0.3, 0.4) is 0 Å². The minimum Gasteiger partial charge on any atom is -0.493 e. The summed E-state index contributed by atoms with van der Waals surface area (Å²) >= 11 is 1.54. The summed E-state index contributed by atoms with van der Waals surface area (Å²) in [5.41, 5.74) is 1.70. The van der Waals surface area contributed by atoms with Crippen molar-refractivity contribution in [2.45, 2.75) is 16.6 Å². The second-order valence-corrected chi connectivity index (χ2v) is 8.97. The van der Waals surface area contributed by atoms with E-state index in [0.29, 0.717) is 17.2 Å². The number of non-ortho nitro benzene ring substituents is 1. The third kappa shape index (κ3) is 5.38. The molecule has 1 unspecified atom stereocenters. The van der Waals surface area contributed by atoms with Crippen LogP contribution < -0.4 is 19.7 Å². The lowest BCUT2D eigenvalue weighted by Crippen LogP contribution is -2.38. The normalized spacial score (nSPS) is 15.1. The van der Waals surface area contributed by atoms with Gasteiger partial charge in [-0.15, -0.1) is 11.8 Å². The number of amides is 2. The average molecular weight is 494 g/mol. The fraction of sp³-hybridized carbons (Fsp3) is 0.200. The maximum absolute atomic E-state index is 13.4. The minimum atomic E-state index is -0.532. The molecule has 0 spiro atoms. The number of nitrogens with zero attached hydrogens (tertiary/aromatic N) is 2. The van der Waals surface area contributed by atoms with Gasteiger partial charge in [-0.25, -0.2) is 0 Å². The molecule has 35 heavy (non-hydrogen) atoms. The summed E-state index contributed by atoms with van der Waals surface area (Å²) in [6.07, 6.45) is 0.166. The van der Waals surface area contributed by atoms with E-state index in [1.807, 2.05) is 30.3 Å². The zero-order valence-corrected chi connectivity index (χ0v) is 19.9. The van der Waals surface area contributed by atoms with Crippen LogP contribution in [0.2, 0.25) is 0 Å². The number of nitro benzene ring substituents is 1. The first-order chi connectivity index (χ1) is 16.9. The number of ether oxygens (including phenoxy) is 2. The van der Waals surface area contributed by atoms with Gasteiger partial charge in [-0.1, -0.05) is 24.3 Å². The van der Waals surface area contributed by atoms with Crippen molar-refractivity contribution in [3.63, 3.8) is 0 Å². The molecule has 1 aliphatic heterocycles. The van der Waals surface area contributed by atoms with Gasteiger partial charge in [0, 0.05) is 34.4 Å². The molecule has 4 rings (SSSR count). The zero-order valence-electron chi connectivity index (χ0n) is 19.1. The fourth-order valence-electron chi connectivity index (χ4n) is 3.83. The number of hydrogen-bond acceptors (Lipinski definition) is 7. The number of carbonyl (C=O) groups excluding carboxylic acids is 2. The van der Waals surface area contributed by atoms with Crippen LogP contribution >= 0.6 is 11.8 Å². The number of nitro groups is 1.